The van der Waals surface area contributed by atoms with Gasteiger partial charge < -0.3 is 20.5 Å². The Morgan fingerprint density at radius 2 is 2.15 bits per heavy atom. The van der Waals surface area contributed by atoms with Gasteiger partial charge in [-0.2, -0.15) is 5.10 Å². The minimum absolute atomic E-state index is 0.0679. The number of hydrogen-bond donors (Lipinski definition) is 2. The van der Waals surface area contributed by atoms with Gasteiger partial charge in [-0.15, -0.1) is 0 Å². The predicted molar refractivity (Wildman–Crippen MR) is 95.4 cm³/mol. The van der Waals surface area contributed by atoms with Crippen molar-refractivity contribution in [3.63, 3.8) is 0 Å². The van der Waals surface area contributed by atoms with Gasteiger partial charge in [0.05, 0.1) is 11.8 Å². The largest absolute Gasteiger partial charge is 0.463 e. The SMILES string of the molecule is Nc1ncnn2c(C3CCC(COC(=O)CC4CCNCC4)O3)ccc12. The second-order valence-electron chi connectivity index (χ2n) is 7.11. The van der Waals surface area contributed by atoms with Crippen LogP contribution in [0.5, 0.6) is 0 Å². The minimum atomic E-state index is -0.113. The third kappa shape index (κ3) is 3.66. The molecule has 0 saturated carbocycles. The van der Waals surface area contributed by atoms with E-state index in [1.165, 1.54) is 6.33 Å². The van der Waals surface area contributed by atoms with Crippen molar-refractivity contribution in [2.24, 2.45) is 5.92 Å². The van der Waals surface area contributed by atoms with Gasteiger partial charge in [-0.25, -0.2) is 9.50 Å². The summed E-state index contributed by atoms with van der Waals surface area (Å²) >= 11 is 0. The average molecular weight is 359 g/mol. The molecule has 8 heteroatoms. The van der Waals surface area contributed by atoms with Crippen molar-refractivity contribution >= 4 is 17.3 Å². The molecule has 0 radical (unpaired) electrons. The fraction of sp³-hybridized carbons (Fsp3) is 0.611. The molecule has 0 bridgehead atoms. The number of ether oxygens (including phenoxy) is 2. The topological polar surface area (TPSA) is 104 Å². The van der Waals surface area contributed by atoms with E-state index in [0.29, 0.717) is 24.8 Å². The second-order valence-corrected chi connectivity index (χ2v) is 7.11. The molecule has 2 unspecified atom stereocenters. The summed E-state index contributed by atoms with van der Waals surface area (Å²) in [4.78, 5) is 16.1. The molecular formula is C18H25N5O3. The number of aromatic nitrogens is 3. The highest BCUT2D eigenvalue weighted by Gasteiger charge is 2.30. The number of esters is 1. The molecule has 2 fully saturated rings. The molecule has 2 atom stereocenters. The van der Waals surface area contributed by atoms with Crippen LogP contribution in [0.15, 0.2) is 18.5 Å². The molecule has 2 aliphatic rings. The van der Waals surface area contributed by atoms with E-state index in [1.807, 2.05) is 12.1 Å². The van der Waals surface area contributed by atoms with Gasteiger partial charge in [0.2, 0.25) is 0 Å². The summed E-state index contributed by atoms with van der Waals surface area (Å²) in [5.41, 5.74) is 7.62. The lowest BCUT2D eigenvalue weighted by Crippen LogP contribution is -2.29. The van der Waals surface area contributed by atoms with Crippen molar-refractivity contribution < 1.29 is 14.3 Å². The molecule has 3 N–H and O–H groups in total. The lowest BCUT2D eigenvalue weighted by Gasteiger charge is -2.22. The predicted octanol–water partition coefficient (Wildman–Crippen LogP) is 1.46. The molecular weight excluding hydrogens is 334 g/mol. The van der Waals surface area contributed by atoms with Crippen LogP contribution in [0, 0.1) is 5.92 Å². The summed E-state index contributed by atoms with van der Waals surface area (Å²) < 4.78 is 13.3. The number of fused-ring (bicyclic) bond motifs is 1. The molecule has 0 aromatic carbocycles. The Hall–Kier alpha value is -2.19. The minimum Gasteiger partial charge on any atom is -0.463 e. The summed E-state index contributed by atoms with van der Waals surface area (Å²) in [6, 6.07) is 3.87. The quantitative estimate of drug-likeness (QED) is 0.779. The van der Waals surface area contributed by atoms with Gasteiger partial charge in [-0.05, 0) is 56.8 Å². The normalized spacial score (nSPS) is 24.2. The van der Waals surface area contributed by atoms with Gasteiger partial charge >= 0.3 is 5.97 Å². The van der Waals surface area contributed by atoms with Crippen LogP contribution in [0.2, 0.25) is 0 Å². The Morgan fingerprint density at radius 1 is 1.31 bits per heavy atom. The zero-order chi connectivity index (χ0) is 17.9. The summed E-state index contributed by atoms with van der Waals surface area (Å²) in [5.74, 6) is 0.781. The zero-order valence-corrected chi connectivity index (χ0v) is 14.8. The Morgan fingerprint density at radius 3 is 3.00 bits per heavy atom. The lowest BCUT2D eigenvalue weighted by molar-refractivity contribution is -0.149. The Labute approximate surface area is 152 Å². The smallest absolute Gasteiger partial charge is 0.306 e. The molecule has 140 valence electrons. The first-order chi connectivity index (χ1) is 12.7. The zero-order valence-electron chi connectivity index (χ0n) is 14.8. The maximum atomic E-state index is 12.1. The lowest BCUT2D eigenvalue weighted by atomic mass is 9.95. The summed E-state index contributed by atoms with van der Waals surface area (Å²) in [7, 11) is 0. The molecule has 0 aliphatic carbocycles. The number of rotatable bonds is 5. The third-order valence-corrected chi connectivity index (χ3v) is 5.29. The van der Waals surface area contributed by atoms with Crippen LogP contribution in [-0.2, 0) is 14.3 Å². The van der Waals surface area contributed by atoms with E-state index in [-0.39, 0.29) is 18.2 Å². The fourth-order valence-corrected chi connectivity index (χ4v) is 3.83. The number of anilines is 1. The Kier molecular flexibility index (Phi) is 5.03. The third-order valence-electron chi connectivity index (χ3n) is 5.29. The second kappa shape index (κ2) is 7.59. The number of nitrogens with one attached hydrogen (secondary N) is 1. The maximum Gasteiger partial charge on any atom is 0.306 e. The van der Waals surface area contributed by atoms with E-state index in [2.05, 4.69) is 15.4 Å². The molecule has 4 heterocycles. The Balaban J connectivity index is 1.29. The van der Waals surface area contributed by atoms with Gasteiger partial charge in [0.1, 0.15) is 24.6 Å². The van der Waals surface area contributed by atoms with E-state index in [1.54, 1.807) is 4.52 Å². The first-order valence-corrected chi connectivity index (χ1v) is 9.30. The van der Waals surface area contributed by atoms with Crippen molar-refractivity contribution in [3.8, 4) is 0 Å². The monoisotopic (exact) mass is 359 g/mol. The Bertz CT molecular complexity index is 771. The van der Waals surface area contributed by atoms with Crippen LogP contribution in [0.4, 0.5) is 5.82 Å². The molecule has 4 rings (SSSR count). The number of hydrogen-bond acceptors (Lipinski definition) is 7. The highest BCUT2D eigenvalue weighted by atomic mass is 16.6. The highest BCUT2D eigenvalue weighted by Crippen LogP contribution is 2.34. The van der Waals surface area contributed by atoms with Gasteiger partial charge in [-0.1, -0.05) is 0 Å². The molecule has 0 spiro atoms. The number of nitrogens with zero attached hydrogens (tertiary/aromatic N) is 3. The van der Waals surface area contributed by atoms with Crippen molar-refractivity contribution in [1.82, 2.24) is 19.9 Å². The van der Waals surface area contributed by atoms with Crippen LogP contribution in [0.1, 0.15) is 43.9 Å². The molecule has 0 amide bonds. The molecule has 8 nitrogen and oxygen atoms in total. The average Bonchev–Trinajstić information content (AvgIpc) is 3.28. The van der Waals surface area contributed by atoms with E-state index >= 15 is 0 Å². The number of nitrogens with two attached hydrogens (primary N) is 1. The van der Waals surface area contributed by atoms with Crippen molar-refractivity contribution in [2.75, 3.05) is 25.4 Å². The maximum absolute atomic E-state index is 12.1. The first-order valence-electron chi connectivity index (χ1n) is 9.30. The van der Waals surface area contributed by atoms with Crippen molar-refractivity contribution in [3.05, 3.63) is 24.2 Å². The summed E-state index contributed by atoms with van der Waals surface area (Å²) in [5, 5.41) is 7.57. The van der Waals surface area contributed by atoms with Crippen molar-refractivity contribution in [2.45, 2.75) is 44.3 Å². The highest BCUT2D eigenvalue weighted by molar-refractivity contribution is 5.69. The number of piperidine rings is 1. The number of carbonyl (C=O) groups excluding carboxylic acids is 1. The molecule has 2 aromatic heterocycles. The van der Waals surface area contributed by atoms with Crippen LogP contribution in [0.25, 0.3) is 5.52 Å². The number of carbonyl (C=O) groups is 1. The first kappa shape index (κ1) is 17.2. The van der Waals surface area contributed by atoms with Crippen LogP contribution >= 0.6 is 0 Å². The fourth-order valence-electron chi connectivity index (χ4n) is 3.83. The van der Waals surface area contributed by atoms with Gasteiger partial charge in [0.25, 0.3) is 0 Å². The molecule has 26 heavy (non-hydrogen) atoms. The van der Waals surface area contributed by atoms with E-state index in [0.717, 1.165) is 50.0 Å². The van der Waals surface area contributed by atoms with Gasteiger partial charge in [0, 0.05) is 6.42 Å². The van der Waals surface area contributed by atoms with Gasteiger partial charge in [-0.3, -0.25) is 4.79 Å². The standard InChI is InChI=1S/C18H25N5O3/c19-18-15-3-2-14(23(15)22-11-21-18)16-4-1-13(26-16)10-25-17(24)9-12-5-7-20-8-6-12/h2-3,11-13,16,20H,1,4-10H2,(H2,19,21,22). The molecule has 2 saturated heterocycles. The van der Waals surface area contributed by atoms with Crippen LogP contribution in [-0.4, -0.2) is 46.4 Å². The van der Waals surface area contributed by atoms with Crippen LogP contribution in [0.3, 0.4) is 0 Å². The van der Waals surface area contributed by atoms with Gasteiger partial charge in [0.15, 0.2) is 5.82 Å². The molecule has 2 aromatic rings. The summed E-state index contributed by atoms with van der Waals surface area (Å²) in [6.07, 6.45) is 5.64. The number of nitrogen functional groups attached to an aromatic ring is 1. The molecule has 2 aliphatic heterocycles. The van der Waals surface area contributed by atoms with E-state index in [4.69, 9.17) is 15.2 Å². The van der Waals surface area contributed by atoms with Crippen molar-refractivity contribution in [1.29, 1.82) is 0 Å². The summed E-state index contributed by atoms with van der Waals surface area (Å²) in [6.45, 7) is 2.30. The van der Waals surface area contributed by atoms with Crippen LogP contribution < -0.4 is 11.1 Å². The van der Waals surface area contributed by atoms with E-state index in [9.17, 15) is 4.79 Å². The van der Waals surface area contributed by atoms with E-state index < -0.39 is 0 Å².